The first-order valence-electron chi connectivity index (χ1n) is 7.19. The Bertz CT molecular complexity index is 320. The van der Waals surface area contributed by atoms with Crippen LogP contribution in [0.1, 0.15) is 48.0 Å². The minimum Gasteiger partial charge on any atom is -0.493 e. The SMILES string of the molecule is CC.CC.CC[C@@H](C)COc1ccc(S(C)=O)cc1. The summed E-state index contributed by atoms with van der Waals surface area (Å²) < 4.78 is 16.7. The molecule has 0 aliphatic carbocycles. The normalized spacial score (nSPS) is 12.2. The molecule has 0 saturated heterocycles. The van der Waals surface area contributed by atoms with Gasteiger partial charge in [-0.3, -0.25) is 4.21 Å². The molecule has 1 unspecified atom stereocenters. The van der Waals surface area contributed by atoms with Crippen LogP contribution in [-0.2, 0) is 10.8 Å². The van der Waals surface area contributed by atoms with Crippen molar-refractivity contribution in [2.45, 2.75) is 52.9 Å². The zero-order valence-electron chi connectivity index (χ0n) is 13.5. The highest BCUT2D eigenvalue weighted by Crippen LogP contribution is 2.15. The van der Waals surface area contributed by atoms with Gasteiger partial charge in [-0.15, -0.1) is 0 Å². The highest BCUT2D eigenvalue weighted by atomic mass is 32.2. The van der Waals surface area contributed by atoms with Gasteiger partial charge in [0.15, 0.2) is 0 Å². The van der Waals surface area contributed by atoms with Crippen molar-refractivity contribution < 1.29 is 8.95 Å². The van der Waals surface area contributed by atoms with Gasteiger partial charge in [-0.1, -0.05) is 48.0 Å². The average molecular weight is 286 g/mol. The van der Waals surface area contributed by atoms with Crippen LogP contribution in [0.15, 0.2) is 29.2 Å². The predicted octanol–water partition coefficient (Wildman–Crippen LogP) is 4.90. The molecule has 112 valence electrons. The van der Waals surface area contributed by atoms with Gasteiger partial charge in [0.05, 0.1) is 6.61 Å². The summed E-state index contributed by atoms with van der Waals surface area (Å²) in [5.41, 5.74) is 0. The van der Waals surface area contributed by atoms with Gasteiger partial charge in [0, 0.05) is 22.0 Å². The molecular formula is C16H30O2S. The minimum atomic E-state index is -0.907. The van der Waals surface area contributed by atoms with Crippen molar-refractivity contribution in [3.63, 3.8) is 0 Å². The van der Waals surface area contributed by atoms with Gasteiger partial charge in [0.1, 0.15) is 5.75 Å². The lowest BCUT2D eigenvalue weighted by molar-refractivity contribution is 0.256. The molecule has 3 heteroatoms. The molecule has 1 aromatic rings. The van der Waals surface area contributed by atoms with E-state index in [1.54, 1.807) is 6.26 Å². The van der Waals surface area contributed by atoms with Gasteiger partial charge < -0.3 is 4.74 Å². The molecule has 0 radical (unpaired) electrons. The maximum Gasteiger partial charge on any atom is 0.119 e. The molecule has 2 atom stereocenters. The summed E-state index contributed by atoms with van der Waals surface area (Å²) in [6, 6.07) is 7.45. The number of hydrogen-bond donors (Lipinski definition) is 0. The van der Waals surface area contributed by atoms with Crippen molar-refractivity contribution in [3.05, 3.63) is 24.3 Å². The standard InChI is InChI=1S/C12H18O2S.2C2H6/c1-4-10(2)9-14-11-5-7-12(8-6-11)15(3)13;2*1-2/h5-8,10H,4,9H2,1-3H3;2*1-2H3/t10-,15?;;/m1../s1. The van der Waals surface area contributed by atoms with E-state index in [4.69, 9.17) is 4.74 Å². The summed E-state index contributed by atoms with van der Waals surface area (Å²) >= 11 is 0. The topological polar surface area (TPSA) is 26.3 Å². The Balaban J connectivity index is 0. The van der Waals surface area contributed by atoms with Crippen molar-refractivity contribution in [1.29, 1.82) is 0 Å². The maximum atomic E-state index is 11.1. The summed E-state index contributed by atoms with van der Waals surface area (Å²) in [7, 11) is -0.907. The van der Waals surface area contributed by atoms with E-state index in [2.05, 4.69) is 13.8 Å². The van der Waals surface area contributed by atoms with E-state index in [1.165, 1.54) is 0 Å². The summed E-state index contributed by atoms with van der Waals surface area (Å²) in [5.74, 6) is 1.43. The van der Waals surface area contributed by atoms with Gasteiger partial charge in [0.25, 0.3) is 0 Å². The van der Waals surface area contributed by atoms with Crippen LogP contribution in [0.5, 0.6) is 5.75 Å². The number of rotatable bonds is 5. The van der Waals surface area contributed by atoms with Crippen molar-refractivity contribution in [3.8, 4) is 5.75 Å². The molecule has 0 bridgehead atoms. The highest BCUT2D eigenvalue weighted by molar-refractivity contribution is 7.84. The van der Waals surface area contributed by atoms with Crippen molar-refractivity contribution in [2.24, 2.45) is 5.92 Å². The lowest BCUT2D eigenvalue weighted by atomic mass is 10.1. The van der Waals surface area contributed by atoms with Crippen LogP contribution < -0.4 is 4.74 Å². The fourth-order valence-electron chi connectivity index (χ4n) is 1.08. The van der Waals surface area contributed by atoms with Gasteiger partial charge in [0.2, 0.25) is 0 Å². The zero-order chi connectivity index (χ0) is 15.3. The summed E-state index contributed by atoms with van der Waals surface area (Å²) in [4.78, 5) is 0.839. The van der Waals surface area contributed by atoms with E-state index in [-0.39, 0.29) is 0 Å². The second-order valence-corrected chi connectivity index (χ2v) is 5.13. The fraction of sp³-hybridized carbons (Fsp3) is 0.625. The van der Waals surface area contributed by atoms with E-state index < -0.39 is 10.8 Å². The molecule has 1 aromatic carbocycles. The van der Waals surface area contributed by atoms with Crippen LogP contribution >= 0.6 is 0 Å². The van der Waals surface area contributed by atoms with Gasteiger partial charge in [-0.25, -0.2) is 0 Å². The van der Waals surface area contributed by atoms with E-state index in [9.17, 15) is 4.21 Å². The molecule has 1 rings (SSSR count). The number of ether oxygens (including phenoxy) is 1. The van der Waals surface area contributed by atoms with E-state index in [1.807, 2.05) is 52.0 Å². The maximum absolute atomic E-state index is 11.1. The van der Waals surface area contributed by atoms with Gasteiger partial charge in [-0.05, 0) is 30.2 Å². The molecule has 2 nitrogen and oxygen atoms in total. The van der Waals surface area contributed by atoms with Crippen LogP contribution in [0.2, 0.25) is 0 Å². The fourth-order valence-corrected chi connectivity index (χ4v) is 1.60. The molecule has 0 aromatic heterocycles. The predicted molar refractivity (Wildman–Crippen MR) is 86.4 cm³/mol. The van der Waals surface area contributed by atoms with Gasteiger partial charge in [-0.2, -0.15) is 0 Å². The number of hydrogen-bond acceptors (Lipinski definition) is 2. The Morgan fingerprint density at radius 2 is 1.58 bits per heavy atom. The van der Waals surface area contributed by atoms with Crippen molar-refractivity contribution in [1.82, 2.24) is 0 Å². The first kappa shape index (κ1) is 20.5. The smallest absolute Gasteiger partial charge is 0.119 e. The second kappa shape index (κ2) is 13.6. The molecule has 0 spiro atoms. The van der Waals surface area contributed by atoms with Crippen LogP contribution in [0.4, 0.5) is 0 Å². The Morgan fingerprint density at radius 1 is 1.11 bits per heavy atom. The molecule has 0 aliphatic heterocycles. The lowest BCUT2D eigenvalue weighted by Crippen LogP contribution is -2.07. The third kappa shape index (κ3) is 9.71. The molecule has 0 N–H and O–H groups in total. The third-order valence-corrected chi connectivity index (χ3v) is 3.32. The van der Waals surface area contributed by atoms with E-state index >= 15 is 0 Å². The second-order valence-electron chi connectivity index (χ2n) is 3.75. The monoisotopic (exact) mass is 286 g/mol. The average Bonchev–Trinajstić information content (AvgIpc) is 2.49. The van der Waals surface area contributed by atoms with Gasteiger partial charge >= 0.3 is 0 Å². The number of benzene rings is 1. The van der Waals surface area contributed by atoms with Crippen LogP contribution in [0.25, 0.3) is 0 Å². The zero-order valence-corrected chi connectivity index (χ0v) is 14.3. The first-order chi connectivity index (χ1) is 9.13. The minimum absolute atomic E-state index is 0.574. The molecule has 0 amide bonds. The first-order valence-corrected chi connectivity index (χ1v) is 8.75. The molecular weight excluding hydrogens is 256 g/mol. The highest BCUT2D eigenvalue weighted by Gasteiger charge is 2.01. The Hall–Kier alpha value is -0.830. The Morgan fingerprint density at radius 3 is 1.95 bits per heavy atom. The molecule has 0 fully saturated rings. The molecule has 0 saturated carbocycles. The van der Waals surface area contributed by atoms with E-state index in [0.717, 1.165) is 23.7 Å². The Kier molecular flexibility index (Phi) is 14.7. The summed E-state index contributed by atoms with van der Waals surface area (Å²) in [5, 5.41) is 0. The Labute approximate surface area is 122 Å². The summed E-state index contributed by atoms with van der Waals surface area (Å²) in [6.45, 7) is 13.1. The lowest BCUT2D eigenvalue weighted by Gasteiger charge is -2.10. The van der Waals surface area contributed by atoms with Crippen LogP contribution in [0, 0.1) is 5.92 Å². The van der Waals surface area contributed by atoms with Crippen LogP contribution in [-0.4, -0.2) is 17.1 Å². The third-order valence-electron chi connectivity index (χ3n) is 2.39. The largest absolute Gasteiger partial charge is 0.493 e. The van der Waals surface area contributed by atoms with E-state index in [0.29, 0.717) is 5.92 Å². The van der Waals surface area contributed by atoms with Crippen molar-refractivity contribution >= 4 is 10.8 Å². The molecule has 0 aliphatic rings. The molecule has 0 heterocycles. The quantitative estimate of drug-likeness (QED) is 0.769. The molecule has 19 heavy (non-hydrogen) atoms. The summed E-state index contributed by atoms with van der Waals surface area (Å²) in [6.07, 6.45) is 2.80. The van der Waals surface area contributed by atoms with Crippen LogP contribution in [0.3, 0.4) is 0 Å². The van der Waals surface area contributed by atoms with Crippen molar-refractivity contribution in [2.75, 3.05) is 12.9 Å².